The number of ether oxygens (including phenoxy) is 1. The zero-order valence-corrected chi connectivity index (χ0v) is 12.7. The van der Waals surface area contributed by atoms with E-state index in [1.165, 1.54) is 0 Å². The van der Waals surface area contributed by atoms with Crippen molar-refractivity contribution in [2.45, 2.75) is 6.61 Å². The smallest absolute Gasteiger partial charge is 0.121 e. The molecule has 0 aliphatic carbocycles. The maximum absolute atomic E-state index is 9.54. The third kappa shape index (κ3) is 2.68. The fourth-order valence-corrected chi connectivity index (χ4v) is 2.46. The molecule has 3 aromatic rings. The van der Waals surface area contributed by atoms with Gasteiger partial charge in [0.1, 0.15) is 17.1 Å². The molecule has 112 valence electrons. The van der Waals surface area contributed by atoms with Gasteiger partial charge >= 0.3 is 0 Å². The highest BCUT2D eigenvalue weighted by molar-refractivity contribution is 6.30. The van der Waals surface area contributed by atoms with Crippen LogP contribution in [0, 0.1) is 0 Å². The van der Waals surface area contributed by atoms with E-state index < -0.39 is 0 Å². The minimum absolute atomic E-state index is 0.203. The lowest BCUT2D eigenvalue weighted by atomic mass is 10.1. The molecule has 0 bridgehead atoms. The number of benzene rings is 2. The summed E-state index contributed by atoms with van der Waals surface area (Å²) in [5.74, 6) is 0.718. The van der Waals surface area contributed by atoms with E-state index in [1.807, 2.05) is 42.5 Å². The summed E-state index contributed by atoms with van der Waals surface area (Å²) in [6.07, 6.45) is 0. The first-order chi connectivity index (χ1) is 10.7. The summed E-state index contributed by atoms with van der Waals surface area (Å²) >= 11 is 6.07. The van der Waals surface area contributed by atoms with Gasteiger partial charge in [-0.25, -0.2) is 4.68 Å². The molecule has 0 saturated carbocycles. The lowest BCUT2D eigenvalue weighted by Crippen LogP contribution is -2.00. The summed E-state index contributed by atoms with van der Waals surface area (Å²) in [6.45, 7) is -0.203. The predicted octanol–water partition coefficient (Wildman–Crippen LogP) is 3.09. The summed E-state index contributed by atoms with van der Waals surface area (Å²) in [7, 11) is 1.61. The zero-order chi connectivity index (χ0) is 15.5. The Hall–Kier alpha value is -2.37. The van der Waals surface area contributed by atoms with Crippen LogP contribution < -0.4 is 4.74 Å². The minimum atomic E-state index is -0.203. The Morgan fingerprint density at radius 1 is 1.18 bits per heavy atom. The first kappa shape index (κ1) is 14.6. The Balaban J connectivity index is 2.19. The van der Waals surface area contributed by atoms with Crippen LogP contribution in [0.2, 0.25) is 5.02 Å². The Bertz CT molecular complexity index is 802. The molecular formula is C16H14ClN3O2. The van der Waals surface area contributed by atoms with Crippen molar-refractivity contribution in [3.63, 3.8) is 0 Å². The van der Waals surface area contributed by atoms with Crippen LogP contribution in [0.15, 0.2) is 48.5 Å². The molecule has 0 aliphatic heterocycles. The molecule has 1 N–H and O–H groups in total. The first-order valence-electron chi connectivity index (χ1n) is 6.68. The van der Waals surface area contributed by atoms with Gasteiger partial charge in [0.15, 0.2) is 0 Å². The standard InChI is InChI=1S/C16H14ClN3O2/c1-22-14-7-3-6-13(9-14)20-16(15(10-21)18-19-20)11-4-2-5-12(17)8-11/h2-9,21H,10H2,1H3. The van der Waals surface area contributed by atoms with Crippen molar-refractivity contribution in [2.75, 3.05) is 7.11 Å². The molecule has 0 fully saturated rings. The maximum Gasteiger partial charge on any atom is 0.121 e. The van der Waals surface area contributed by atoms with Gasteiger partial charge in [-0.2, -0.15) is 0 Å². The number of halogens is 1. The molecule has 2 aromatic carbocycles. The molecule has 22 heavy (non-hydrogen) atoms. The Morgan fingerprint density at radius 2 is 2.00 bits per heavy atom. The molecule has 0 radical (unpaired) electrons. The maximum atomic E-state index is 9.54. The molecule has 0 amide bonds. The van der Waals surface area contributed by atoms with Crippen molar-refractivity contribution in [1.82, 2.24) is 15.0 Å². The van der Waals surface area contributed by atoms with E-state index >= 15 is 0 Å². The largest absolute Gasteiger partial charge is 0.497 e. The summed E-state index contributed by atoms with van der Waals surface area (Å²) in [6, 6.07) is 14.8. The second-order valence-corrected chi connectivity index (χ2v) is 5.10. The molecule has 0 spiro atoms. The number of hydrogen-bond donors (Lipinski definition) is 1. The van der Waals surface area contributed by atoms with E-state index in [0.29, 0.717) is 16.4 Å². The van der Waals surface area contributed by atoms with Crippen LogP contribution in [0.5, 0.6) is 5.75 Å². The zero-order valence-electron chi connectivity index (χ0n) is 11.9. The Labute approximate surface area is 132 Å². The van der Waals surface area contributed by atoms with Crippen molar-refractivity contribution in [1.29, 1.82) is 0 Å². The van der Waals surface area contributed by atoms with E-state index in [0.717, 1.165) is 17.0 Å². The SMILES string of the molecule is COc1cccc(-n2nnc(CO)c2-c2cccc(Cl)c2)c1. The number of hydrogen-bond acceptors (Lipinski definition) is 4. The van der Waals surface area contributed by atoms with Crippen LogP contribution in [-0.2, 0) is 6.61 Å². The van der Waals surface area contributed by atoms with Crippen LogP contribution in [0.25, 0.3) is 16.9 Å². The van der Waals surface area contributed by atoms with E-state index in [9.17, 15) is 5.11 Å². The molecule has 5 nitrogen and oxygen atoms in total. The van der Waals surface area contributed by atoms with Crippen molar-refractivity contribution in [2.24, 2.45) is 0 Å². The molecule has 1 heterocycles. The topological polar surface area (TPSA) is 60.2 Å². The van der Waals surface area contributed by atoms with Gasteiger partial charge in [0.05, 0.1) is 19.4 Å². The fourth-order valence-electron chi connectivity index (χ4n) is 2.27. The minimum Gasteiger partial charge on any atom is -0.497 e. The molecule has 0 unspecified atom stereocenters. The second kappa shape index (κ2) is 6.17. The van der Waals surface area contributed by atoms with Gasteiger partial charge in [0, 0.05) is 16.7 Å². The van der Waals surface area contributed by atoms with Crippen LogP contribution in [0.3, 0.4) is 0 Å². The first-order valence-corrected chi connectivity index (χ1v) is 7.06. The Morgan fingerprint density at radius 3 is 2.73 bits per heavy atom. The normalized spacial score (nSPS) is 10.7. The summed E-state index contributed by atoms with van der Waals surface area (Å²) < 4.78 is 6.91. The van der Waals surface area contributed by atoms with Gasteiger partial charge in [-0.15, -0.1) is 5.10 Å². The number of rotatable bonds is 4. The van der Waals surface area contributed by atoms with Crippen LogP contribution >= 0.6 is 11.6 Å². The molecule has 6 heteroatoms. The average Bonchev–Trinajstić information content (AvgIpc) is 2.99. The predicted molar refractivity (Wildman–Crippen MR) is 84.3 cm³/mol. The van der Waals surface area contributed by atoms with Gasteiger partial charge < -0.3 is 9.84 Å². The molecule has 0 saturated heterocycles. The van der Waals surface area contributed by atoms with E-state index in [1.54, 1.807) is 17.9 Å². The highest BCUT2D eigenvalue weighted by atomic mass is 35.5. The highest BCUT2D eigenvalue weighted by Crippen LogP contribution is 2.28. The Kier molecular flexibility index (Phi) is 4.09. The molecule has 0 atom stereocenters. The van der Waals surface area contributed by atoms with Gasteiger partial charge in [-0.3, -0.25) is 0 Å². The van der Waals surface area contributed by atoms with E-state index in [4.69, 9.17) is 16.3 Å². The summed E-state index contributed by atoms with van der Waals surface area (Å²) in [5.41, 5.74) is 2.83. The number of nitrogens with zero attached hydrogens (tertiary/aromatic N) is 3. The number of methoxy groups -OCH3 is 1. The quantitative estimate of drug-likeness (QED) is 0.803. The summed E-state index contributed by atoms with van der Waals surface area (Å²) in [5, 5.41) is 18.3. The number of aromatic nitrogens is 3. The fraction of sp³-hybridized carbons (Fsp3) is 0.125. The number of aliphatic hydroxyl groups is 1. The van der Waals surface area contributed by atoms with Crippen LogP contribution in [0.1, 0.15) is 5.69 Å². The number of aliphatic hydroxyl groups excluding tert-OH is 1. The summed E-state index contributed by atoms with van der Waals surface area (Å²) in [4.78, 5) is 0. The van der Waals surface area contributed by atoms with Crippen molar-refractivity contribution < 1.29 is 9.84 Å². The van der Waals surface area contributed by atoms with Gasteiger partial charge in [-0.1, -0.05) is 35.0 Å². The van der Waals surface area contributed by atoms with Crippen LogP contribution in [0.4, 0.5) is 0 Å². The molecule has 3 rings (SSSR count). The van der Waals surface area contributed by atoms with Crippen molar-refractivity contribution >= 4 is 11.6 Å². The third-order valence-corrected chi connectivity index (χ3v) is 3.52. The third-order valence-electron chi connectivity index (χ3n) is 3.29. The highest BCUT2D eigenvalue weighted by Gasteiger charge is 2.16. The lowest BCUT2D eigenvalue weighted by Gasteiger charge is -2.09. The van der Waals surface area contributed by atoms with Gasteiger partial charge in [-0.05, 0) is 24.3 Å². The van der Waals surface area contributed by atoms with Crippen molar-refractivity contribution in [3.05, 3.63) is 59.2 Å². The van der Waals surface area contributed by atoms with E-state index in [-0.39, 0.29) is 6.61 Å². The van der Waals surface area contributed by atoms with E-state index in [2.05, 4.69) is 10.3 Å². The lowest BCUT2D eigenvalue weighted by molar-refractivity contribution is 0.277. The average molecular weight is 316 g/mol. The van der Waals surface area contributed by atoms with Gasteiger partial charge in [0.25, 0.3) is 0 Å². The molecule has 0 aliphatic rings. The van der Waals surface area contributed by atoms with Crippen molar-refractivity contribution in [3.8, 4) is 22.7 Å². The molecule has 1 aromatic heterocycles. The monoisotopic (exact) mass is 315 g/mol. The van der Waals surface area contributed by atoms with Crippen LogP contribution in [-0.4, -0.2) is 27.2 Å². The van der Waals surface area contributed by atoms with Gasteiger partial charge in [0.2, 0.25) is 0 Å². The molecular weight excluding hydrogens is 302 g/mol. The second-order valence-electron chi connectivity index (χ2n) is 4.67.